The highest BCUT2D eigenvalue weighted by Gasteiger charge is 2.33. The topological polar surface area (TPSA) is 139 Å². The Hall–Kier alpha value is -3.05. The standard InChI is InChI=1S/C21H27N5O5S/c1-14(2)18(25-32(30,31)16-7-4-3-5-8-16)20(28)24-17-11-15-12-23-26(13-15)10-6-9-22-21(29)19(17)27/h3-5,7-8,12-14,17-18,25H,6,9-11H2,1-2H3,(H,22,29)(H,24,28). The second-order valence-electron chi connectivity index (χ2n) is 8.01. The zero-order valence-corrected chi connectivity index (χ0v) is 18.8. The number of rotatable bonds is 6. The summed E-state index contributed by atoms with van der Waals surface area (Å²) in [5.41, 5.74) is 0.685. The van der Waals surface area contributed by atoms with E-state index in [1.807, 2.05) is 0 Å². The number of hydrogen-bond donors (Lipinski definition) is 3. The summed E-state index contributed by atoms with van der Waals surface area (Å²) in [6.45, 7) is 4.26. The second-order valence-corrected chi connectivity index (χ2v) is 9.72. The van der Waals surface area contributed by atoms with Crippen molar-refractivity contribution in [3.8, 4) is 0 Å². The summed E-state index contributed by atoms with van der Waals surface area (Å²) in [4.78, 5) is 38.1. The number of carbonyl (C=O) groups excluding carboxylic acids is 3. The molecule has 10 nitrogen and oxygen atoms in total. The van der Waals surface area contributed by atoms with Gasteiger partial charge in [-0.2, -0.15) is 9.82 Å². The van der Waals surface area contributed by atoms with Crippen molar-refractivity contribution in [3.05, 3.63) is 48.3 Å². The molecule has 3 N–H and O–H groups in total. The van der Waals surface area contributed by atoms with Crippen molar-refractivity contribution in [2.24, 2.45) is 5.92 Å². The zero-order valence-electron chi connectivity index (χ0n) is 17.9. The Labute approximate surface area is 186 Å². The van der Waals surface area contributed by atoms with Gasteiger partial charge in [0, 0.05) is 25.7 Å². The molecule has 0 radical (unpaired) electrons. The van der Waals surface area contributed by atoms with Crippen molar-refractivity contribution < 1.29 is 22.8 Å². The van der Waals surface area contributed by atoms with Gasteiger partial charge < -0.3 is 10.6 Å². The maximum absolute atomic E-state index is 13.1. The predicted molar refractivity (Wildman–Crippen MR) is 116 cm³/mol. The van der Waals surface area contributed by atoms with Crippen LogP contribution in [0.2, 0.25) is 0 Å². The average Bonchev–Trinajstić information content (AvgIpc) is 3.20. The Balaban J connectivity index is 1.81. The van der Waals surface area contributed by atoms with E-state index in [2.05, 4.69) is 20.5 Å². The number of nitrogens with zero attached hydrogens (tertiary/aromatic N) is 2. The molecule has 1 aromatic carbocycles. The third kappa shape index (κ3) is 5.80. The molecular formula is C21H27N5O5S. The van der Waals surface area contributed by atoms with Gasteiger partial charge >= 0.3 is 0 Å². The van der Waals surface area contributed by atoms with Crippen LogP contribution in [0.4, 0.5) is 0 Å². The first kappa shape index (κ1) is 23.6. The van der Waals surface area contributed by atoms with Crippen LogP contribution < -0.4 is 15.4 Å². The molecule has 2 bridgehead atoms. The molecule has 0 spiro atoms. The van der Waals surface area contributed by atoms with Gasteiger partial charge in [-0.25, -0.2) is 8.42 Å². The molecule has 3 rings (SSSR count). The molecule has 172 valence electrons. The van der Waals surface area contributed by atoms with E-state index in [1.54, 1.807) is 49.1 Å². The van der Waals surface area contributed by atoms with E-state index in [0.29, 0.717) is 25.1 Å². The van der Waals surface area contributed by atoms with Crippen LogP contribution >= 0.6 is 0 Å². The van der Waals surface area contributed by atoms with Crippen LogP contribution in [-0.4, -0.2) is 54.4 Å². The third-order valence-corrected chi connectivity index (χ3v) is 6.57. The molecule has 2 atom stereocenters. The second kappa shape index (κ2) is 10.0. The van der Waals surface area contributed by atoms with Gasteiger partial charge in [-0.05, 0) is 30.0 Å². The van der Waals surface area contributed by atoms with E-state index in [1.165, 1.54) is 12.1 Å². The van der Waals surface area contributed by atoms with Crippen molar-refractivity contribution in [3.63, 3.8) is 0 Å². The lowest BCUT2D eigenvalue weighted by atomic mass is 10.0. The first-order chi connectivity index (χ1) is 15.2. The van der Waals surface area contributed by atoms with E-state index in [9.17, 15) is 22.8 Å². The molecule has 1 aromatic heterocycles. The highest BCUT2D eigenvalue weighted by Crippen LogP contribution is 2.13. The van der Waals surface area contributed by atoms with Crippen molar-refractivity contribution >= 4 is 27.6 Å². The lowest BCUT2D eigenvalue weighted by Gasteiger charge is -2.24. The molecule has 1 aliphatic heterocycles. The maximum atomic E-state index is 13.1. The van der Waals surface area contributed by atoms with Crippen molar-refractivity contribution in [1.29, 1.82) is 0 Å². The number of benzene rings is 1. The van der Waals surface area contributed by atoms with Gasteiger partial charge in [0.2, 0.25) is 21.7 Å². The number of carbonyl (C=O) groups is 3. The largest absolute Gasteiger partial charge is 0.349 e. The number of sulfonamides is 1. The van der Waals surface area contributed by atoms with Gasteiger partial charge in [0.15, 0.2) is 0 Å². The fraction of sp³-hybridized carbons (Fsp3) is 0.429. The fourth-order valence-electron chi connectivity index (χ4n) is 3.36. The van der Waals surface area contributed by atoms with Crippen molar-refractivity contribution in [2.45, 2.75) is 50.2 Å². The van der Waals surface area contributed by atoms with E-state index in [4.69, 9.17) is 0 Å². The van der Waals surface area contributed by atoms with Gasteiger partial charge in [0.1, 0.15) is 12.1 Å². The summed E-state index contributed by atoms with van der Waals surface area (Å²) in [6.07, 6.45) is 4.02. The molecule has 0 saturated carbocycles. The lowest BCUT2D eigenvalue weighted by molar-refractivity contribution is -0.140. The highest BCUT2D eigenvalue weighted by atomic mass is 32.2. The summed E-state index contributed by atoms with van der Waals surface area (Å²) >= 11 is 0. The van der Waals surface area contributed by atoms with E-state index in [-0.39, 0.29) is 11.3 Å². The number of Topliss-reactive ketones (excluding diaryl/α,β-unsaturated/α-hetero) is 1. The van der Waals surface area contributed by atoms with Crippen LogP contribution in [-0.2, 0) is 37.4 Å². The molecule has 32 heavy (non-hydrogen) atoms. The van der Waals surface area contributed by atoms with Crippen LogP contribution in [0.3, 0.4) is 0 Å². The molecule has 0 fully saturated rings. The summed E-state index contributed by atoms with van der Waals surface area (Å²) < 4.78 is 29.6. The average molecular weight is 462 g/mol. The van der Waals surface area contributed by atoms with Crippen LogP contribution in [0, 0.1) is 5.92 Å². The van der Waals surface area contributed by atoms with Gasteiger partial charge in [-0.15, -0.1) is 0 Å². The van der Waals surface area contributed by atoms with Crippen LogP contribution in [0.5, 0.6) is 0 Å². The molecular weight excluding hydrogens is 434 g/mol. The van der Waals surface area contributed by atoms with Crippen LogP contribution in [0.15, 0.2) is 47.6 Å². The zero-order chi connectivity index (χ0) is 23.3. The minimum Gasteiger partial charge on any atom is -0.349 e. The summed E-state index contributed by atoms with van der Waals surface area (Å²) in [5.74, 6) is -2.68. The first-order valence-electron chi connectivity index (χ1n) is 10.4. The van der Waals surface area contributed by atoms with Crippen molar-refractivity contribution in [1.82, 2.24) is 25.1 Å². The van der Waals surface area contributed by atoms with Crippen LogP contribution in [0.25, 0.3) is 0 Å². The number of fused-ring (bicyclic) bond motifs is 2. The minimum absolute atomic E-state index is 0.0243. The molecule has 2 amide bonds. The molecule has 1 aliphatic rings. The molecule has 0 aliphatic carbocycles. The summed E-state index contributed by atoms with van der Waals surface area (Å²) in [6, 6.07) is 5.41. The predicted octanol–water partition coefficient (Wildman–Crippen LogP) is 0.00250. The molecule has 2 unspecified atom stereocenters. The van der Waals surface area contributed by atoms with E-state index < -0.39 is 45.6 Å². The Kier molecular flexibility index (Phi) is 7.41. The third-order valence-electron chi connectivity index (χ3n) is 5.12. The van der Waals surface area contributed by atoms with Gasteiger partial charge in [0.25, 0.3) is 5.91 Å². The Morgan fingerprint density at radius 3 is 2.62 bits per heavy atom. The Bertz CT molecular complexity index is 1080. The SMILES string of the molecule is CC(C)C(NS(=O)(=O)c1ccccc1)C(=O)NC1Cc2cnn(c2)CCCNC(=O)C1=O. The first-order valence-corrected chi connectivity index (χ1v) is 11.9. The number of aromatic nitrogens is 2. The number of amides is 2. The number of ketones is 1. The number of hydrogen-bond acceptors (Lipinski definition) is 6. The van der Waals surface area contributed by atoms with Gasteiger partial charge in [0.05, 0.1) is 11.1 Å². The number of nitrogens with one attached hydrogen (secondary N) is 3. The number of aryl methyl sites for hydroxylation is 1. The van der Waals surface area contributed by atoms with Crippen LogP contribution in [0.1, 0.15) is 25.8 Å². The molecule has 11 heteroatoms. The lowest BCUT2D eigenvalue weighted by Crippen LogP contribution is -2.56. The maximum Gasteiger partial charge on any atom is 0.289 e. The molecule has 0 saturated heterocycles. The highest BCUT2D eigenvalue weighted by molar-refractivity contribution is 7.89. The Morgan fingerprint density at radius 2 is 1.94 bits per heavy atom. The summed E-state index contributed by atoms with van der Waals surface area (Å²) in [5, 5.41) is 9.35. The molecule has 2 aromatic rings. The minimum atomic E-state index is -3.97. The van der Waals surface area contributed by atoms with Gasteiger partial charge in [-0.1, -0.05) is 32.0 Å². The molecule has 2 heterocycles. The normalized spacial score (nSPS) is 18.5. The Morgan fingerprint density at radius 1 is 1.22 bits per heavy atom. The quantitative estimate of drug-likeness (QED) is 0.518. The monoisotopic (exact) mass is 461 g/mol. The fourth-order valence-corrected chi connectivity index (χ4v) is 4.72. The van der Waals surface area contributed by atoms with Gasteiger partial charge in [-0.3, -0.25) is 19.1 Å². The van der Waals surface area contributed by atoms with Crippen molar-refractivity contribution in [2.75, 3.05) is 6.54 Å². The summed E-state index contributed by atoms with van der Waals surface area (Å²) in [7, 11) is -3.97. The smallest absolute Gasteiger partial charge is 0.289 e. The van der Waals surface area contributed by atoms with E-state index >= 15 is 0 Å². The van der Waals surface area contributed by atoms with E-state index in [0.717, 1.165) is 0 Å².